The lowest BCUT2D eigenvalue weighted by Gasteiger charge is -2.06. The van der Waals surface area contributed by atoms with Gasteiger partial charge in [0, 0.05) is 24.2 Å². The fourth-order valence-corrected chi connectivity index (χ4v) is 1.21. The Balaban J connectivity index is 2.59. The van der Waals surface area contributed by atoms with E-state index < -0.39 is 6.43 Å². The van der Waals surface area contributed by atoms with Crippen molar-refractivity contribution in [1.82, 2.24) is 5.32 Å². The first-order valence-electron chi connectivity index (χ1n) is 4.96. The molecule has 0 bridgehead atoms. The molecule has 0 atom stereocenters. The highest BCUT2D eigenvalue weighted by Crippen LogP contribution is 2.21. The van der Waals surface area contributed by atoms with Crippen LogP contribution < -0.4 is 10.6 Å². The molecule has 1 aromatic rings. The first kappa shape index (κ1) is 12.6. The van der Waals surface area contributed by atoms with Gasteiger partial charge in [-0.3, -0.25) is 4.79 Å². The number of hydrogen-bond donors (Lipinski definition) is 2. The van der Waals surface area contributed by atoms with Crippen LogP contribution in [-0.2, 0) is 4.79 Å². The number of rotatable bonds is 5. The third-order valence-electron chi connectivity index (χ3n) is 2.02. The minimum Gasteiger partial charge on any atom is -0.326 e. The number of nitrogens with one attached hydrogen (secondary N) is 2. The third-order valence-corrected chi connectivity index (χ3v) is 2.02. The average molecular weight is 228 g/mol. The molecule has 1 aromatic carbocycles. The van der Waals surface area contributed by atoms with Gasteiger partial charge in [0.2, 0.25) is 5.91 Å². The molecule has 0 saturated carbocycles. The SMILES string of the molecule is CNCCC(=O)Nc1cccc(C(F)F)c1. The number of amides is 1. The molecule has 16 heavy (non-hydrogen) atoms. The Hall–Kier alpha value is -1.49. The van der Waals surface area contributed by atoms with E-state index in [4.69, 9.17) is 0 Å². The number of carbonyl (C=O) groups is 1. The highest BCUT2D eigenvalue weighted by molar-refractivity contribution is 5.90. The van der Waals surface area contributed by atoms with Crippen molar-refractivity contribution in [1.29, 1.82) is 0 Å². The second kappa shape index (κ2) is 6.17. The predicted octanol–water partition coefficient (Wildman–Crippen LogP) is 2.17. The standard InChI is InChI=1S/C11H14F2N2O/c1-14-6-5-10(16)15-9-4-2-3-8(7-9)11(12)13/h2-4,7,11,14H,5-6H2,1H3,(H,15,16). The fraction of sp³-hybridized carbons (Fsp3) is 0.364. The van der Waals surface area contributed by atoms with Crippen molar-refractivity contribution in [3.8, 4) is 0 Å². The summed E-state index contributed by atoms with van der Waals surface area (Å²) < 4.78 is 24.7. The number of hydrogen-bond acceptors (Lipinski definition) is 2. The van der Waals surface area contributed by atoms with E-state index in [1.165, 1.54) is 18.2 Å². The van der Waals surface area contributed by atoms with Crippen LogP contribution in [0.5, 0.6) is 0 Å². The Morgan fingerprint density at radius 1 is 1.44 bits per heavy atom. The van der Waals surface area contributed by atoms with Gasteiger partial charge in [0.1, 0.15) is 0 Å². The lowest BCUT2D eigenvalue weighted by Crippen LogP contribution is -2.18. The van der Waals surface area contributed by atoms with Crippen molar-refractivity contribution in [3.63, 3.8) is 0 Å². The molecule has 0 heterocycles. The van der Waals surface area contributed by atoms with Gasteiger partial charge >= 0.3 is 0 Å². The largest absolute Gasteiger partial charge is 0.326 e. The van der Waals surface area contributed by atoms with Gasteiger partial charge in [-0.25, -0.2) is 8.78 Å². The molecule has 0 aromatic heterocycles. The quantitative estimate of drug-likeness (QED) is 0.811. The summed E-state index contributed by atoms with van der Waals surface area (Å²) in [6.45, 7) is 0.556. The van der Waals surface area contributed by atoms with E-state index >= 15 is 0 Å². The van der Waals surface area contributed by atoms with Gasteiger partial charge in [-0.15, -0.1) is 0 Å². The van der Waals surface area contributed by atoms with Gasteiger partial charge in [-0.1, -0.05) is 12.1 Å². The summed E-state index contributed by atoms with van der Waals surface area (Å²) in [5.41, 5.74) is 0.310. The van der Waals surface area contributed by atoms with Crippen molar-refractivity contribution in [2.75, 3.05) is 18.9 Å². The molecule has 5 heteroatoms. The molecule has 0 fully saturated rings. The highest BCUT2D eigenvalue weighted by atomic mass is 19.3. The molecule has 2 N–H and O–H groups in total. The summed E-state index contributed by atoms with van der Waals surface area (Å²) in [4.78, 5) is 11.3. The summed E-state index contributed by atoms with van der Waals surface area (Å²) >= 11 is 0. The molecule has 0 aliphatic carbocycles. The summed E-state index contributed by atoms with van der Waals surface area (Å²) in [7, 11) is 1.74. The molecule has 3 nitrogen and oxygen atoms in total. The van der Waals surface area contributed by atoms with E-state index in [2.05, 4.69) is 10.6 Å². The first-order chi connectivity index (χ1) is 7.63. The molecule has 0 aliphatic rings. The molecule has 0 saturated heterocycles. The molecule has 1 amide bonds. The highest BCUT2D eigenvalue weighted by Gasteiger charge is 2.08. The number of halogens is 2. The molecule has 0 unspecified atom stereocenters. The van der Waals surface area contributed by atoms with E-state index in [0.29, 0.717) is 18.7 Å². The third kappa shape index (κ3) is 3.94. The van der Waals surface area contributed by atoms with Crippen LogP contribution in [0.1, 0.15) is 18.4 Å². The molecule has 88 valence electrons. The van der Waals surface area contributed by atoms with Crippen molar-refractivity contribution in [3.05, 3.63) is 29.8 Å². The van der Waals surface area contributed by atoms with Crippen LogP contribution >= 0.6 is 0 Å². The minimum absolute atomic E-state index is 0.0913. The Morgan fingerprint density at radius 2 is 2.19 bits per heavy atom. The van der Waals surface area contributed by atoms with Crippen molar-refractivity contribution in [2.24, 2.45) is 0 Å². The van der Waals surface area contributed by atoms with Crippen LogP contribution in [0.15, 0.2) is 24.3 Å². The molecule has 0 aliphatic heterocycles. The Morgan fingerprint density at radius 3 is 2.81 bits per heavy atom. The van der Waals surface area contributed by atoms with Crippen molar-refractivity contribution < 1.29 is 13.6 Å². The number of benzene rings is 1. The van der Waals surface area contributed by atoms with Gasteiger partial charge in [-0.2, -0.15) is 0 Å². The smallest absolute Gasteiger partial charge is 0.263 e. The van der Waals surface area contributed by atoms with Crippen molar-refractivity contribution >= 4 is 11.6 Å². The molecule has 1 rings (SSSR count). The Bertz CT molecular complexity index is 356. The molecule has 0 spiro atoms. The maximum absolute atomic E-state index is 12.4. The summed E-state index contributed by atoms with van der Waals surface area (Å²) in [5, 5.41) is 5.39. The van der Waals surface area contributed by atoms with Crippen molar-refractivity contribution in [2.45, 2.75) is 12.8 Å². The monoisotopic (exact) mass is 228 g/mol. The van der Waals surface area contributed by atoms with Crippen LogP contribution in [0, 0.1) is 0 Å². The zero-order chi connectivity index (χ0) is 12.0. The average Bonchev–Trinajstić information content (AvgIpc) is 2.26. The van der Waals surface area contributed by atoms with Crippen LogP contribution in [-0.4, -0.2) is 19.5 Å². The Labute approximate surface area is 92.8 Å². The summed E-state index contributed by atoms with van der Waals surface area (Å²) in [6, 6.07) is 5.69. The van der Waals surface area contributed by atoms with Crippen LogP contribution in [0.2, 0.25) is 0 Å². The predicted molar refractivity (Wildman–Crippen MR) is 58.6 cm³/mol. The number of anilines is 1. The fourth-order valence-electron chi connectivity index (χ4n) is 1.21. The maximum Gasteiger partial charge on any atom is 0.263 e. The summed E-state index contributed by atoms with van der Waals surface area (Å²) in [5.74, 6) is -0.194. The maximum atomic E-state index is 12.4. The molecular formula is C11H14F2N2O. The van der Waals surface area contributed by atoms with E-state index in [9.17, 15) is 13.6 Å². The van der Waals surface area contributed by atoms with E-state index in [0.717, 1.165) is 0 Å². The molecule has 0 radical (unpaired) electrons. The van der Waals surface area contributed by atoms with Gasteiger partial charge in [0.15, 0.2) is 0 Å². The van der Waals surface area contributed by atoms with Gasteiger partial charge in [0.25, 0.3) is 6.43 Å². The normalized spacial score (nSPS) is 10.5. The Kier molecular flexibility index (Phi) is 4.85. The van der Waals surface area contributed by atoms with E-state index in [-0.39, 0.29) is 11.5 Å². The lowest BCUT2D eigenvalue weighted by molar-refractivity contribution is -0.116. The molecular weight excluding hydrogens is 214 g/mol. The first-order valence-corrected chi connectivity index (χ1v) is 4.96. The van der Waals surface area contributed by atoms with Crippen LogP contribution in [0.4, 0.5) is 14.5 Å². The number of alkyl halides is 2. The van der Waals surface area contributed by atoms with Gasteiger partial charge < -0.3 is 10.6 Å². The van der Waals surface area contributed by atoms with Gasteiger partial charge in [-0.05, 0) is 19.2 Å². The topological polar surface area (TPSA) is 41.1 Å². The number of carbonyl (C=O) groups excluding carboxylic acids is 1. The van der Waals surface area contributed by atoms with Crippen LogP contribution in [0.3, 0.4) is 0 Å². The van der Waals surface area contributed by atoms with Crippen LogP contribution in [0.25, 0.3) is 0 Å². The minimum atomic E-state index is -2.52. The van der Waals surface area contributed by atoms with E-state index in [1.807, 2.05) is 0 Å². The second-order valence-electron chi connectivity index (χ2n) is 3.33. The second-order valence-corrected chi connectivity index (χ2v) is 3.33. The zero-order valence-corrected chi connectivity index (χ0v) is 8.97. The lowest BCUT2D eigenvalue weighted by atomic mass is 10.2. The zero-order valence-electron chi connectivity index (χ0n) is 8.97. The summed E-state index contributed by atoms with van der Waals surface area (Å²) in [6.07, 6.45) is -2.20. The van der Waals surface area contributed by atoms with E-state index in [1.54, 1.807) is 13.1 Å². The van der Waals surface area contributed by atoms with Gasteiger partial charge in [0.05, 0.1) is 0 Å².